The minimum atomic E-state index is 0.437. The van der Waals surface area contributed by atoms with Gasteiger partial charge in [0.1, 0.15) is 0 Å². The summed E-state index contributed by atoms with van der Waals surface area (Å²) >= 11 is 0. The Labute approximate surface area is 122 Å². The smallest absolute Gasteiger partial charge is 0.0555 e. The standard InChI is InChI=1S/C19H23N/c1-3-4-5-15-7-9-16(10-8-15)19-13-17-12-14(2)6-11-18(17)20-19/h6-12,19-20H,3-5,13H2,1-2H3. The van der Waals surface area contributed by atoms with E-state index < -0.39 is 0 Å². The van der Waals surface area contributed by atoms with E-state index in [9.17, 15) is 0 Å². The van der Waals surface area contributed by atoms with Crippen LogP contribution in [0.2, 0.25) is 0 Å². The number of fused-ring (bicyclic) bond motifs is 1. The predicted molar refractivity (Wildman–Crippen MR) is 86.3 cm³/mol. The van der Waals surface area contributed by atoms with Gasteiger partial charge in [-0.15, -0.1) is 0 Å². The molecule has 0 bridgehead atoms. The molecule has 20 heavy (non-hydrogen) atoms. The highest BCUT2D eigenvalue weighted by atomic mass is 14.9. The number of unbranched alkanes of at least 4 members (excludes halogenated alkanes) is 1. The van der Waals surface area contributed by atoms with Gasteiger partial charge in [-0.3, -0.25) is 0 Å². The van der Waals surface area contributed by atoms with Crippen LogP contribution in [0.3, 0.4) is 0 Å². The Balaban J connectivity index is 1.72. The summed E-state index contributed by atoms with van der Waals surface area (Å²) < 4.78 is 0. The maximum absolute atomic E-state index is 3.64. The largest absolute Gasteiger partial charge is 0.378 e. The van der Waals surface area contributed by atoms with Crippen molar-refractivity contribution in [3.63, 3.8) is 0 Å². The Morgan fingerprint density at radius 3 is 2.65 bits per heavy atom. The zero-order valence-corrected chi connectivity index (χ0v) is 12.4. The van der Waals surface area contributed by atoms with E-state index in [2.05, 4.69) is 61.6 Å². The van der Waals surface area contributed by atoms with E-state index in [1.165, 1.54) is 47.2 Å². The molecule has 104 valence electrons. The molecule has 1 nitrogen and oxygen atoms in total. The molecule has 1 aliphatic heterocycles. The number of aryl methyl sites for hydroxylation is 2. The van der Waals surface area contributed by atoms with Gasteiger partial charge in [-0.05, 0) is 48.9 Å². The molecular formula is C19H23N. The van der Waals surface area contributed by atoms with Crippen molar-refractivity contribution in [2.45, 2.75) is 45.6 Å². The molecule has 0 radical (unpaired) electrons. The molecule has 0 aromatic heterocycles. The minimum Gasteiger partial charge on any atom is -0.378 e. The molecule has 0 saturated heterocycles. The Morgan fingerprint density at radius 1 is 1.10 bits per heavy atom. The van der Waals surface area contributed by atoms with E-state index in [1.807, 2.05) is 0 Å². The Bertz CT molecular complexity index is 583. The van der Waals surface area contributed by atoms with E-state index in [1.54, 1.807) is 0 Å². The molecule has 2 aromatic rings. The third kappa shape index (κ3) is 2.72. The number of hydrogen-bond acceptors (Lipinski definition) is 1. The molecule has 1 atom stereocenters. The maximum atomic E-state index is 3.64. The second-order valence-electron chi connectivity index (χ2n) is 5.91. The SMILES string of the molecule is CCCCc1ccc(C2Cc3cc(C)ccc3N2)cc1. The zero-order chi connectivity index (χ0) is 13.9. The van der Waals surface area contributed by atoms with Crippen LogP contribution in [0.15, 0.2) is 42.5 Å². The van der Waals surface area contributed by atoms with Crippen LogP contribution >= 0.6 is 0 Å². The molecule has 2 aromatic carbocycles. The molecule has 1 N–H and O–H groups in total. The second-order valence-corrected chi connectivity index (χ2v) is 5.91. The van der Waals surface area contributed by atoms with Crippen LogP contribution in [-0.2, 0) is 12.8 Å². The summed E-state index contributed by atoms with van der Waals surface area (Å²) in [5.41, 5.74) is 6.96. The van der Waals surface area contributed by atoms with Crippen molar-refractivity contribution in [1.82, 2.24) is 0 Å². The fourth-order valence-electron chi connectivity index (χ4n) is 2.99. The number of hydrogen-bond donors (Lipinski definition) is 1. The fraction of sp³-hybridized carbons (Fsp3) is 0.368. The van der Waals surface area contributed by atoms with Crippen LogP contribution in [-0.4, -0.2) is 0 Å². The summed E-state index contributed by atoms with van der Waals surface area (Å²) in [6, 6.07) is 16.3. The summed E-state index contributed by atoms with van der Waals surface area (Å²) in [6.07, 6.45) is 4.85. The van der Waals surface area contributed by atoms with E-state index in [0.717, 1.165) is 6.42 Å². The van der Waals surface area contributed by atoms with Gasteiger partial charge in [0.05, 0.1) is 6.04 Å². The van der Waals surface area contributed by atoms with E-state index in [4.69, 9.17) is 0 Å². The van der Waals surface area contributed by atoms with Gasteiger partial charge in [0, 0.05) is 5.69 Å². The second kappa shape index (κ2) is 5.70. The summed E-state index contributed by atoms with van der Waals surface area (Å²) in [5.74, 6) is 0. The molecule has 0 saturated carbocycles. The van der Waals surface area contributed by atoms with Crippen LogP contribution in [0.4, 0.5) is 5.69 Å². The number of nitrogens with one attached hydrogen (secondary N) is 1. The summed E-state index contributed by atoms with van der Waals surface area (Å²) in [7, 11) is 0. The summed E-state index contributed by atoms with van der Waals surface area (Å²) in [4.78, 5) is 0. The highest BCUT2D eigenvalue weighted by Crippen LogP contribution is 2.34. The topological polar surface area (TPSA) is 12.0 Å². The van der Waals surface area contributed by atoms with Crippen molar-refractivity contribution in [3.8, 4) is 0 Å². The van der Waals surface area contributed by atoms with Crippen molar-refractivity contribution in [2.24, 2.45) is 0 Å². The van der Waals surface area contributed by atoms with Gasteiger partial charge in [0.2, 0.25) is 0 Å². The van der Waals surface area contributed by atoms with Gasteiger partial charge in [0.15, 0.2) is 0 Å². The number of benzene rings is 2. The van der Waals surface area contributed by atoms with Gasteiger partial charge >= 0.3 is 0 Å². The van der Waals surface area contributed by atoms with Gasteiger partial charge in [-0.1, -0.05) is 55.3 Å². The average molecular weight is 265 g/mol. The van der Waals surface area contributed by atoms with Gasteiger partial charge < -0.3 is 5.32 Å². The first-order chi connectivity index (χ1) is 9.76. The highest BCUT2D eigenvalue weighted by molar-refractivity contribution is 5.59. The molecule has 0 spiro atoms. The van der Waals surface area contributed by atoms with Crippen LogP contribution in [0.5, 0.6) is 0 Å². The van der Waals surface area contributed by atoms with Crippen LogP contribution in [0.1, 0.15) is 48.1 Å². The lowest BCUT2D eigenvalue weighted by molar-refractivity contribution is 0.790. The van der Waals surface area contributed by atoms with Crippen molar-refractivity contribution in [3.05, 3.63) is 64.7 Å². The lowest BCUT2D eigenvalue weighted by Crippen LogP contribution is -2.05. The first kappa shape index (κ1) is 13.2. The predicted octanol–water partition coefficient (Wildman–Crippen LogP) is 5.05. The van der Waals surface area contributed by atoms with E-state index in [0.29, 0.717) is 6.04 Å². The highest BCUT2D eigenvalue weighted by Gasteiger charge is 2.21. The lowest BCUT2D eigenvalue weighted by atomic mass is 9.99. The van der Waals surface area contributed by atoms with Crippen molar-refractivity contribution >= 4 is 5.69 Å². The van der Waals surface area contributed by atoms with Gasteiger partial charge in [-0.2, -0.15) is 0 Å². The fourth-order valence-corrected chi connectivity index (χ4v) is 2.99. The monoisotopic (exact) mass is 265 g/mol. The normalized spacial score (nSPS) is 16.8. The molecule has 1 heterocycles. The van der Waals surface area contributed by atoms with Crippen molar-refractivity contribution in [2.75, 3.05) is 5.32 Å². The Morgan fingerprint density at radius 2 is 1.90 bits per heavy atom. The van der Waals surface area contributed by atoms with Crippen LogP contribution in [0.25, 0.3) is 0 Å². The quantitative estimate of drug-likeness (QED) is 0.816. The Kier molecular flexibility index (Phi) is 3.77. The maximum Gasteiger partial charge on any atom is 0.0555 e. The molecule has 0 amide bonds. The first-order valence-corrected chi connectivity index (χ1v) is 7.71. The van der Waals surface area contributed by atoms with Gasteiger partial charge in [0.25, 0.3) is 0 Å². The lowest BCUT2D eigenvalue weighted by Gasteiger charge is -2.12. The molecule has 1 aliphatic rings. The third-order valence-electron chi connectivity index (χ3n) is 4.22. The van der Waals surface area contributed by atoms with Crippen molar-refractivity contribution in [1.29, 1.82) is 0 Å². The molecule has 3 rings (SSSR count). The Hall–Kier alpha value is -1.76. The van der Waals surface area contributed by atoms with Crippen LogP contribution in [0, 0.1) is 6.92 Å². The summed E-state index contributed by atoms with van der Waals surface area (Å²) in [5, 5.41) is 3.64. The molecule has 1 unspecified atom stereocenters. The number of rotatable bonds is 4. The van der Waals surface area contributed by atoms with Crippen LogP contribution < -0.4 is 5.32 Å². The zero-order valence-electron chi connectivity index (χ0n) is 12.4. The number of anilines is 1. The minimum absolute atomic E-state index is 0.437. The molecule has 1 heteroatoms. The average Bonchev–Trinajstić information content (AvgIpc) is 2.88. The first-order valence-electron chi connectivity index (χ1n) is 7.71. The molecular weight excluding hydrogens is 242 g/mol. The third-order valence-corrected chi connectivity index (χ3v) is 4.22. The van der Waals surface area contributed by atoms with Crippen molar-refractivity contribution < 1.29 is 0 Å². The summed E-state index contributed by atoms with van der Waals surface area (Å²) in [6.45, 7) is 4.41. The van der Waals surface area contributed by atoms with Gasteiger partial charge in [-0.25, -0.2) is 0 Å². The molecule has 0 fully saturated rings. The molecule has 0 aliphatic carbocycles. The van der Waals surface area contributed by atoms with E-state index in [-0.39, 0.29) is 0 Å². The van der Waals surface area contributed by atoms with E-state index >= 15 is 0 Å².